The van der Waals surface area contributed by atoms with Gasteiger partial charge in [-0.3, -0.25) is 0 Å². The molecule has 1 aromatic rings. The Labute approximate surface area is 112 Å². The van der Waals surface area contributed by atoms with Crippen molar-refractivity contribution in [2.45, 2.75) is 19.3 Å². The molecule has 0 aliphatic carbocycles. The van der Waals surface area contributed by atoms with Gasteiger partial charge in [0.25, 0.3) is 10.2 Å². The fourth-order valence-electron chi connectivity index (χ4n) is 2.02. The highest BCUT2D eigenvalue weighted by Crippen LogP contribution is 2.18. The van der Waals surface area contributed by atoms with Crippen LogP contribution < -0.4 is 4.72 Å². The van der Waals surface area contributed by atoms with Gasteiger partial charge in [-0.1, -0.05) is 5.16 Å². The fourth-order valence-corrected chi connectivity index (χ4v) is 3.25. The molecule has 0 saturated carbocycles. The Kier molecular flexibility index (Phi) is 4.86. The van der Waals surface area contributed by atoms with Crippen molar-refractivity contribution in [1.29, 1.82) is 0 Å². The minimum absolute atomic E-state index is 0.123. The third-order valence-electron chi connectivity index (χ3n) is 3.20. The largest absolute Gasteiger partial charge is 0.396 e. The lowest BCUT2D eigenvalue weighted by atomic mass is 10.00. The summed E-state index contributed by atoms with van der Waals surface area (Å²) in [6.07, 6.45) is 3.04. The van der Waals surface area contributed by atoms with E-state index in [9.17, 15) is 8.42 Å². The van der Waals surface area contributed by atoms with E-state index < -0.39 is 10.2 Å². The molecule has 0 bridgehead atoms. The summed E-state index contributed by atoms with van der Waals surface area (Å²) in [5.74, 6) is 0.617. The summed E-state index contributed by atoms with van der Waals surface area (Å²) >= 11 is 0. The van der Waals surface area contributed by atoms with Gasteiger partial charge in [0.05, 0.1) is 0 Å². The van der Waals surface area contributed by atoms with Crippen LogP contribution in [-0.2, 0) is 16.6 Å². The molecule has 0 radical (unpaired) electrons. The minimum Gasteiger partial charge on any atom is -0.396 e. The van der Waals surface area contributed by atoms with E-state index in [0.29, 0.717) is 38.2 Å². The normalized spacial score (nSPS) is 18.8. The van der Waals surface area contributed by atoms with E-state index in [1.54, 1.807) is 0 Å². The zero-order valence-corrected chi connectivity index (χ0v) is 11.3. The molecule has 9 heteroatoms. The lowest BCUT2D eigenvalue weighted by Crippen LogP contribution is -2.45. The molecular weight excluding hydrogens is 272 g/mol. The maximum atomic E-state index is 12.0. The van der Waals surface area contributed by atoms with Crippen molar-refractivity contribution in [2.75, 3.05) is 26.2 Å². The molecule has 0 atom stereocenters. The van der Waals surface area contributed by atoms with E-state index in [1.807, 2.05) is 0 Å². The van der Waals surface area contributed by atoms with Crippen LogP contribution in [0.25, 0.3) is 0 Å². The van der Waals surface area contributed by atoms with Crippen LogP contribution in [0, 0.1) is 5.92 Å². The van der Waals surface area contributed by atoms with E-state index in [4.69, 9.17) is 9.63 Å². The highest BCUT2D eigenvalue weighted by Gasteiger charge is 2.27. The summed E-state index contributed by atoms with van der Waals surface area (Å²) in [6.45, 7) is 1.24. The van der Waals surface area contributed by atoms with Gasteiger partial charge < -0.3 is 9.63 Å². The standard InChI is InChI=1S/C10H18N4O4S/c15-7-9-2-5-14(6-3-9)19(16,17)13-4-1-10-11-8-12-18-10/h8-9,13,15H,1-7H2. The number of nitrogens with zero attached hydrogens (tertiary/aromatic N) is 3. The molecular formula is C10H18N4O4S. The summed E-state index contributed by atoms with van der Waals surface area (Å²) < 4.78 is 32.7. The predicted molar refractivity (Wildman–Crippen MR) is 66.3 cm³/mol. The van der Waals surface area contributed by atoms with Crippen LogP contribution in [0.15, 0.2) is 10.9 Å². The zero-order valence-electron chi connectivity index (χ0n) is 10.5. The van der Waals surface area contributed by atoms with Crippen molar-refractivity contribution in [3.8, 4) is 0 Å². The second-order valence-electron chi connectivity index (χ2n) is 4.51. The Morgan fingerprint density at radius 1 is 1.47 bits per heavy atom. The number of aromatic nitrogens is 2. The number of nitrogens with one attached hydrogen (secondary N) is 1. The number of hydrogen-bond donors (Lipinski definition) is 2. The van der Waals surface area contributed by atoms with E-state index in [2.05, 4.69) is 14.9 Å². The molecule has 2 N–H and O–H groups in total. The van der Waals surface area contributed by atoms with Crippen LogP contribution in [0.5, 0.6) is 0 Å². The average Bonchev–Trinajstić information content (AvgIpc) is 2.92. The third kappa shape index (κ3) is 3.96. The van der Waals surface area contributed by atoms with Crippen LogP contribution >= 0.6 is 0 Å². The van der Waals surface area contributed by atoms with Gasteiger partial charge in [-0.15, -0.1) is 0 Å². The predicted octanol–water partition coefficient (Wildman–Crippen LogP) is -0.849. The van der Waals surface area contributed by atoms with Gasteiger partial charge in [0, 0.05) is 32.7 Å². The van der Waals surface area contributed by atoms with Crippen molar-refractivity contribution >= 4 is 10.2 Å². The van der Waals surface area contributed by atoms with Gasteiger partial charge in [-0.25, -0.2) is 4.72 Å². The summed E-state index contributed by atoms with van der Waals surface area (Å²) in [6, 6.07) is 0. The first kappa shape index (κ1) is 14.4. The van der Waals surface area contributed by atoms with Gasteiger partial charge in [-0.2, -0.15) is 17.7 Å². The van der Waals surface area contributed by atoms with Gasteiger partial charge in [0.2, 0.25) is 5.89 Å². The quantitative estimate of drug-likeness (QED) is 0.706. The molecule has 108 valence electrons. The molecule has 0 spiro atoms. The Bertz CT molecular complexity index is 468. The van der Waals surface area contributed by atoms with Gasteiger partial charge in [0.15, 0.2) is 6.33 Å². The molecule has 8 nitrogen and oxygen atoms in total. The molecule has 1 fully saturated rings. The highest BCUT2D eigenvalue weighted by atomic mass is 32.2. The monoisotopic (exact) mass is 290 g/mol. The first-order valence-electron chi connectivity index (χ1n) is 6.23. The number of hydrogen-bond acceptors (Lipinski definition) is 6. The van der Waals surface area contributed by atoms with Crippen molar-refractivity contribution in [1.82, 2.24) is 19.2 Å². The van der Waals surface area contributed by atoms with Crippen LogP contribution in [-0.4, -0.2) is 54.2 Å². The van der Waals surface area contributed by atoms with E-state index >= 15 is 0 Å². The van der Waals surface area contributed by atoms with Crippen LogP contribution in [0.4, 0.5) is 0 Å². The maximum absolute atomic E-state index is 12.0. The molecule has 2 rings (SSSR count). The fraction of sp³-hybridized carbons (Fsp3) is 0.800. The van der Waals surface area contributed by atoms with Gasteiger partial charge in [0.1, 0.15) is 0 Å². The SMILES string of the molecule is O=S(=O)(NCCc1ncno1)N1CCC(CO)CC1. The molecule has 1 aliphatic rings. The molecule has 0 aromatic carbocycles. The first-order chi connectivity index (χ1) is 9.12. The summed E-state index contributed by atoms with van der Waals surface area (Å²) in [5.41, 5.74) is 0. The summed E-state index contributed by atoms with van der Waals surface area (Å²) in [4.78, 5) is 3.82. The van der Waals surface area contributed by atoms with Gasteiger partial charge >= 0.3 is 0 Å². The second kappa shape index (κ2) is 6.42. The third-order valence-corrected chi connectivity index (χ3v) is 4.82. The molecule has 19 heavy (non-hydrogen) atoms. The zero-order chi connectivity index (χ0) is 13.7. The van der Waals surface area contributed by atoms with Crippen LogP contribution in [0.3, 0.4) is 0 Å². The molecule has 1 saturated heterocycles. The molecule has 2 heterocycles. The maximum Gasteiger partial charge on any atom is 0.279 e. The molecule has 1 aromatic heterocycles. The highest BCUT2D eigenvalue weighted by molar-refractivity contribution is 7.87. The molecule has 1 aliphatic heterocycles. The number of aliphatic hydroxyl groups is 1. The second-order valence-corrected chi connectivity index (χ2v) is 6.26. The topological polar surface area (TPSA) is 109 Å². The van der Waals surface area contributed by atoms with E-state index in [-0.39, 0.29) is 19.1 Å². The molecule has 0 amide bonds. The number of rotatable bonds is 6. The van der Waals surface area contributed by atoms with Crippen molar-refractivity contribution in [2.24, 2.45) is 5.92 Å². The van der Waals surface area contributed by atoms with Crippen molar-refractivity contribution < 1.29 is 18.0 Å². The van der Waals surface area contributed by atoms with E-state index in [0.717, 1.165) is 0 Å². The lowest BCUT2D eigenvalue weighted by Gasteiger charge is -2.30. The van der Waals surface area contributed by atoms with E-state index in [1.165, 1.54) is 10.6 Å². The van der Waals surface area contributed by atoms with Crippen molar-refractivity contribution in [3.05, 3.63) is 12.2 Å². The van der Waals surface area contributed by atoms with Crippen LogP contribution in [0.1, 0.15) is 18.7 Å². The average molecular weight is 290 g/mol. The Morgan fingerprint density at radius 2 is 2.21 bits per heavy atom. The Balaban J connectivity index is 1.78. The Hall–Kier alpha value is -1.03. The van der Waals surface area contributed by atoms with Gasteiger partial charge in [-0.05, 0) is 18.8 Å². The summed E-state index contributed by atoms with van der Waals surface area (Å²) in [7, 11) is -3.46. The van der Waals surface area contributed by atoms with Crippen LogP contribution in [0.2, 0.25) is 0 Å². The minimum atomic E-state index is -3.46. The summed E-state index contributed by atoms with van der Waals surface area (Å²) in [5, 5.41) is 12.5. The number of piperidine rings is 1. The van der Waals surface area contributed by atoms with Crippen molar-refractivity contribution in [3.63, 3.8) is 0 Å². The number of aliphatic hydroxyl groups excluding tert-OH is 1. The lowest BCUT2D eigenvalue weighted by molar-refractivity contribution is 0.169. The molecule has 0 unspecified atom stereocenters. The Morgan fingerprint density at radius 3 is 2.79 bits per heavy atom. The first-order valence-corrected chi connectivity index (χ1v) is 7.67. The smallest absolute Gasteiger partial charge is 0.279 e.